The van der Waals surface area contributed by atoms with Gasteiger partial charge >= 0.3 is 0 Å². The Morgan fingerprint density at radius 3 is 3.00 bits per heavy atom. The first-order chi connectivity index (χ1) is 12.0. The molecule has 1 aromatic heterocycles. The lowest BCUT2D eigenvalue weighted by molar-refractivity contribution is -0.138. The van der Waals surface area contributed by atoms with Crippen LogP contribution in [0.2, 0.25) is 0 Å². The Morgan fingerprint density at radius 1 is 1.40 bits per heavy atom. The number of anilines is 1. The number of thiazole rings is 1. The second-order valence-corrected chi connectivity index (χ2v) is 6.60. The Hall–Kier alpha value is -2.68. The summed E-state index contributed by atoms with van der Waals surface area (Å²) < 4.78 is 6.07. The number of fused-ring (bicyclic) bond motifs is 1. The molecule has 0 saturated carbocycles. The normalized spacial score (nSPS) is 14.3. The van der Waals surface area contributed by atoms with Crippen molar-refractivity contribution < 1.29 is 19.1 Å². The highest BCUT2D eigenvalue weighted by molar-refractivity contribution is 7.22. The SMILES string of the molecule is COc1ccc2nc(NC(=O)CCC(=O)N3CCNC(=O)C3)sc2c1. The number of benzene rings is 1. The maximum Gasteiger partial charge on any atom is 0.239 e. The van der Waals surface area contributed by atoms with Crippen LogP contribution >= 0.6 is 11.3 Å². The maximum absolute atomic E-state index is 12.1. The van der Waals surface area contributed by atoms with E-state index in [9.17, 15) is 14.4 Å². The number of rotatable bonds is 5. The van der Waals surface area contributed by atoms with Gasteiger partial charge in [-0.1, -0.05) is 11.3 Å². The Bertz CT molecular complexity index is 820. The molecule has 1 fully saturated rings. The molecular formula is C16H18N4O4S. The van der Waals surface area contributed by atoms with Crippen LogP contribution in [0.1, 0.15) is 12.8 Å². The van der Waals surface area contributed by atoms with Crippen LogP contribution in [0, 0.1) is 0 Å². The topological polar surface area (TPSA) is 101 Å². The fourth-order valence-electron chi connectivity index (χ4n) is 2.50. The van der Waals surface area contributed by atoms with Crippen LogP contribution in [-0.4, -0.2) is 54.3 Å². The van der Waals surface area contributed by atoms with Gasteiger partial charge in [-0.15, -0.1) is 0 Å². The van der Waals surface area contributed by atoms with E-state index < -0.39 is 0 Å². The van der Waals surface area contributed by atoms with E-state index >= 15 is 0 Å². The lowest BCUT2D eigenvalue weighted by Crippen LogP contribution is -2.50. The van der Waals surface area contributed by atoms with Crippen molar-refractivity contribution in [1.82, 2.24) is 15.2 Å². The van der Waals surface area contributed by atoms with Crippen molar-refractivity contribution in [3.8, 4) is 5.75 Å². The average molecular weight is 362 g/mol. The van der Waals surface area contributed by atoms with E-state index in [0.29, 0.717) is 18.2 Å². The minimum absolute atomic E-state index is 0.0518. The minimum atomic E-state index is -0.277. The number of hydrogen-bond donors (Lipinski definition) is 2. The highest BCUT2D eigenvalue weighted by Crippen LogP contribution is 2.29. The first kappa shape index (κ1) is 17.2. The first-order valence-electron chi connectivity index (χ1n) is 7.84. The number of hydrogen-bond acceptors (Lipinski definition) is 6. The summed E-state index contributed by atoms with van der Waals surface area (Å²) in [6.07, 6.45) is 0.119. The largest absolute Gasteiger partial charge is 0.497 e. The highest BCUT2D eigenvalue weighted by Gasteiger charge is 2.21. The van der Waals surface area contributed by atoms with Gasteiger partial charge in [-0.2, -0.15) is 0 Å². The predicted octanol–water partition coefficient (Wildman–Crippen LogP) is 0.982. The molecule has 2 heterocycles. The zero-order chi connectivity index (χ0) is 17.8. The Kier molecular flexibility index (Phi) is 5.13. The summed E-state index contributed by atoms with van der Waals surface area (Å²) in [6.45, 7) is 0.984. The molecule has 2 aromatic rings. The summed E-state index contributed by atoms with van der Waals surface area (Å²) in [5.74, 6) is 0.0824. The molecular weight excluding hydrogens is 344 g/mol. The Labute approximate surface area is 148 Å². The van der Waals surface area contributed by atoms with Crippen LogP contribution in [0.15, 0.2) is 18.2 Å². The molecule has 1 saturated heterocycles. The van der Waals surface area contributed by atoms with Crippen molar-refractivity contribution >= 4 is 44.4 Å². The van der Waals surface area contributed by atoms with Gasteiger partial charge in [0, 0.05) is 25.9 Å². The number of amides is 3. The van der Waals surface area contributed by atoms with Crippen LogP contribution in [-0.2, 0) is 14.4 Å². The summed E-state index contributed by atoms with van der Waals surface area (Å²) in [6, 6.07) is 5.49. The third kappa shape index (κ3) is 4.24. The van der Waals surface area contributed by atoms with Crippen LogP contribution in [0.25, 0.3) is 10.2 Å². The van der Waals surface area contributed by atoms with Crippen molar-refractivity contribution in [3.05, 3.63) is 18.2 Å². The van der Waals surface area contributed by atoms with Gasteiger partial charge in [0.15, 0.2) is 5.13 Å². The first-order valence-corrected chi connectivity index (χ1v) is 8.66. The van der Waals surface area contributed by atoms with Crippen molar-refractivity contribution in [1.29, 1.82) is 0 Å². The monoisotopic (exact) mass is 362 g/mol. The van der Waals surface area contributed by atoms with Crippen LogP contribution in [0.3, 0.4) is 0 Å². The molecule has 0 bridgehead atoms. The van der Waals surface area contributed by atoms with Crippen LogP contribution in [0.4, 0.5) is 5.13 Å². The van der Waals surface area contributed by atoms with Crippen molar-refractivity contribution in [3.63, 3.8) is 0 Å². The molecule has 3 rings (SSSR count). The Morgan fingerprint density at radius 2 is 2.24 bits per heavy atom. The van der Waals surface area contributed by atoms with Crippen molar-refractivity contribution in [2.24, 2.45) is 0 Å². The molecule has 0 aliphatic carbocycles. The van der Waals surface area contributed by atoms with E-state index in [-0.39, 0.29) is 37.1 Å². The quantitative estimate of drug-likeness (QED) is 0.826. The van der Waals surface area contributed by atoms with Gasteiger partial charge < -0.3 is 20.3 Å². The molecule has 0 radical (unpaired) electrons. The number of nitrogens with one attached hydrogen (secondary N) is 2. The Balaban J connectivity index is 1.53. The molecule has 1 aliphatic heterocycles. The van der Waals surface area contributed by atoms with Gasteiger partial charge in [-0.3, -0.25) is 14.4 Å². The number of aromatic nitrogens is 1. The van der Waals surface area contributed by atoms with Crippen molar-refractivity contribution in [2.45, 2.75) is 12.8 Å². The van der Waals surface area contributed by atoms with E-state index in [1.165, 1.54) is 16.2 Å². The zero-order valence-electron chi connectivity index (χ0n) is 13.7. The van der Waals surface area contributed by atoms with Crippen LogP contribution < -0.4 is 15.4 Å². The van der Waals surface area contributed by atoms with E-state index in [4.69, 9.17) is 4.74 Å². The van der Waals surface area contributed by atoms with E-state index in [2.05, 4.69) is 15.6 Å². The standard InChI is InChI=1S/C16H18N4O4S/c1-24-10-2-3-11-12(8-10)25-16(18-11)19-13(21)4-5-15(23)20-7-6-17-14(22)9-20/h2-3,8H,4-7,9H2,1H3,(H,17,22)(H,18,19,21). The number of ether oxygens (including phenoxy) is 1. The summed E-state index contributed by atoms with van der Waals surface area (Å²) in [5, 5.41) is 5.86. The molecule has 1 aromatic carbocycles. The smallest absolute Gasteiger partial charge is 0.239 e. The lowest BCUT2D eigenvalue weighted by Gasteiger charge is -2.26. The van der Waals surface area contributed by atoms with Gasteiger partial charge in [-0.05, 0) is 18.2 Å². The maximum atomic E-state index is 12.1. The zero-order valence-corrected chi connectivity index (χ0v) is 14.5. The number of methoxy groups -OCH3 is 1. The van der Waals surface area contributed by atoms with Gasteiger partial charge in [0.05, 0.1) is 23.9 Å². The summed E-state index contributed by atoms with van der Waals surface area (Å²) >= 11 is 1.35. The summed E-state index contributed by atoms with van der Waals surface area (Å²) in [7, 11) is 1.59. The predicted molar refractivity (Wildman–Crippen MR) is 93.6 cm³/mol. The number of piperazine rings is 1. The summed E-state index contributed by atoms with van der Waals surface area (Å²) in [5.41, 5.74) is 0.775. The number of nitrogens with zero attached hydrogens (tertiary/aromatic N) is 2. The molecule has 0 unspecified atom stereocenters. The molecule has 2 N–H and O–H groups in total. The number of carbonyl (C=O) groups excluding carboxylic acids is 3. The third-order valence-electron chi connectivity index (χ3n) is 3.80. The molecule has 1 aliphatic rings. The van der Waals surface area contributed by atoms with Gasteiger partial charge in [0.25, 0.3) is 0 Å². The van der Waals surface area contributed by atoms with Gasteiger partial charge in [0.1, 0.15) is 5.75 Å². The molecule has 132 valence electrons. The molecule has 9 heteroatoms. The fraction of sp³-hybridized carbons (Fsp3) is 0.375. The van der Waals surface area contributed by atoms with Crippen LogP contribution in [0.5, 0.6) is 5.75 Å². The van der Waals surface area contributed by atoms with E-state index in [1.54, 1.807) is 13.2 Å². The molecule has 3 amide bonds. The fourth-order valence-corrected chi connectivity index (χ4v) is 3.41. The molecule has 25 heavy (non-hydrogen) atoms. The van der Waals surface area contributed by atoms with Gasteiger partial charge in [-0.25, -0.2) is 4.98 Å². The molecule has 8 nitrogen and oxygen atoms in total. The van der Waals surface area contributed by atoms with E-state index in [1.807, 2.05) is 12.1 Å². The number of carbonyl (C=O) groups is 3. The second-order valence-electron chi connectivity index (χ2n) is 5.57. The molecule has 0 spiro atoms. The highest BCUT2D eigenvalue weighted by atomic mass is 32.1. The van der Waals surface area contributed by atoms with Gasteiger partial charge in [0.2, 0.25) is 17.7 Å². The second kappa shape index (κ2) is 7.47. The van der Waals surface area contributed by atoms with E-state index in [0.717, 1.165) is 16.0 Å². The molecule has 0 atom stereocenters. The third-order valence-corrected chi connectivity index (χ3v) is 4.73. The minimum Gasteiger partial charge on any atom is -0.497 e. The summed E-state index contributed by atoms with van der Waals surface area (Å²) in [4.78, 5) is 41.2. The lowest BCUT2D eigenvalue weighted by atomic mass is 10.2. The van der Waals surface area contributed by atoms with Crippen molar-refractivity contribution in [2.75, 3.05) is 32.1 Å². The average Bonchev–Trinajstić information content (AvgIpc) is 3.00.